The van der Waals surface area contributed by atoms with Gasteiger partial charge >= 0.3 is 0 Å². The molecule has 0 saturated carbocycles. The summed E-state index contributed by atoms with van der Waals surface area (Å²) in [7, 11) is 0. The number of nitrogens with one attached hydrogen (secondary N) is 1. The predicted molar refractivity (Wildman–Crippen MR) is 68.4 cm³/mol. The van der Waals surface area contributed by atoms with E-state index in [1.807, 2.05) is 17.5 Å². The molecule has 0 saturated heterocycles. The molecule has 1 heterocycles. The maximum Gasteiger partial charge on any atom is 0.255 e. The Bertz CT molecular complexity index is 516. The average Bonchev–Trinajstić information content (AvgIpc) is 2.87. The molecule has 2 aromatic rings. The molecular weight excluding hydrogens is 252 g/mol. The van der Waals surface area contributed by atoms with Crippen LogP contribution in [0, 0.1) is 0 Å². The van der Waals surface area contributed by atoms with Crippen molar-refractivity contribution in [3.05, 3.63) is 35.3 Å². The fraction of sp³-hybridized carbons (Fsp3) is 0.182. The number of nitrogens with two attached hydrogens (primary N) is 1. The van der Waals surface area contributed by atoms with Crippen LogP contribution >= 0.6 is 11.5 Å². The molecule has 2 rings (SSSR count). The van der Waals surface area contributed by atoms with Crippen LogP contribution in [0.3, 0.4) is 0 Å². The number of hydrogen-bond donors (Lipinski definition) is 2. The second kappa shape index (κ2) is 5.97. The molecule has 1 aromatic heterocycles. The third-order valence-electron chi connectivity index (χ3n) is 2.09. The summed E-state index contributed by atoms with van der Waals surface area (Å²) in [6.45, 7) is 0.467. The maximum atomic E-state index is 10.6. The third kappa shape index (κ3) is 3.70. The average molecular weight is 264 g/mol. The molecule has 18 heavy (non-hydrogen) atoms. The molecule has 0 spiro atoms. The predicted octanol–water partition coefficient (Wildman–Crippen LogP) is 1.01. The molecule has 0 fully saturated rings. The number of benzene rings is 1. The highest BCUT2D eigenvalue weighted by atomic mass is 32.1. The maximum absolute atomic E-state index is 10.6. The van der Waals surface area contributed by atoms with Gasteiger partial charge < -0.3 is 15.8 Å². The van der Waals surface area contributed by atoms with Gasteiger partial charge in [-0.2, -0.15) is 0 Å². The quantitative estimate of drug-likeness (QED) is 0.812. The smallest absolute Gasteiger partial charge is 0.255 e. The Morgan fingerprint density at radius 2 is 2.39 bits per heavy atom. The number of anilines is 1. The van der Waals surface area contributed by atoms with E-state index in [0.717, 1.165) is 11.4 Å². The Morgan fingerprint density at radius 1 is 1.50 bits per heavy atom. The van der Waals surface area contributed by atoms with Gasteiger partial charge in [0, 0.05) is 17.1 Å². The molecule has 3 N–H and O–H groups in total. The summed E-state index contributed by atoms with van der Waals surface area (Å²) in [5.41, 5.74) is 6.77. The summed E-state index contributed by atoms with van der Waals surface area (Å²) in [4.78, 5) is 10.6. The first-order chi connectivity index (χ1) is 8.74. The number of carbonyl (C=O) groups is 1. The van der Waals surface area contributed by atoms with Gasteiger partial charge in [-0.05, 0) is 23.7 Å². The van der Waals surface area contributed by atoms with Crippen LogP contribution in [-0.2, 0) is 11.3 Å². The van der Waals surface area contributed by atoms with E-state index in [9.17, 15) is 4.79 Å². The van der Waals surface area contributed by atoms with E-state index in [4.69, 9.17) is 10.5 Å². The minimum absolute atomic E-state index is 0.126. The van der Waals surface area contributed by atoms with Gasteiger partial charge in [0.05, 0.1) is 12.2 Å². The van der Waals surface area contributed by atoms with Gasteiger partial charge in [-0.1, -0.05) is 10.6 Å². The fourth-order valence-corrected chi connectivity index (χ4v) is 1.76. The number of ether oxygens (including phenoxy) is 1. The number of hydrogen-bond acceptors (Lipinski definition) is 6. The standard InChI is InChI=1S/C11H12N4O2S/c12-11(16)6-17-10-3-1-2-8(4-10)13-5-9-7-18-15-14-9/h1-4,7,13H,5-6H2,(H2,12,16). The van der Waals surface area contributed by atoms with Crippen molar-refractivity contribution >= 4 is 23.1 Å². The molecule has 1 amide bonds. The van der Waals surface area contributed by atoms with Crippen molar-refractivity contribution in [3.8, 4) is 5.75 Å². The zero-order valence-corrected chi connectivity index (χ0v) is 10.3. The molecule has 0 unspecified atom stereocenters. The van der Waals surface area contributed by atoms with Gasteiger partial charge in [-0.15, -0.1) is 5.10 Å². The van der Waals surface area contributed by atoms with Crippen molar-refractivity contribution in [1.82, 2.24) is 9.59 Å². The van der Waals surface area contributed by atoms with Crippen LogP contribution in [0.2, 0.25) is 0 Å². The van der Waals surface area contributed by atoms with Crippen LogP contribution in [0.25, 0.3) is 0 Å². The minimum Gasteiger partial charge on any atom is -0.484 e. The molecule has 0 aliphatic carbocycles. The highest BCUT2D eigenvalue weighted by Gasteiger charge is 2.00. The largest absolute Gasteiger partial charge is 0.484 e. The monoisotopic (exact) mass is 264 g/mol. The van der Waals surface area contributed by atoms with Crippen LogP contribution in [0.15, 0.2) is 29.6 Å². The normalized spacial score (nSPS) is 10.0. The zero-order chi connectivity index (χ0) is 12.8. The Morgan fingerprint density at radius 3 is 3.11 bits per heavy atom. The molecule has 0 bridgehead atoms. The Labute approximate surface area is 108 Å². The highest BCUT2D eigenvalue weighted by Crippen LogP contribution is 2.17. The van der Waals surface area contributed by atoms with Crippen molar-refractivity contribution in [3.63, 3.8) is 0 Å². The second-order valence-corrected chi connectivity index (χ2v) is 4.14. The zero-order valence-electron chi connectivity index (χ0n) is 9.50. The molecular formula is C11H12N4O2S. The first-order valence-corrected chi connectivity index (χ1v) is 6.08. The topological polar surface area (TPSA) is 90.1 Å². The van der Waals surface area contributed by atoms with Crippen molar-refractivity contribution in [2.45, 2.75) is 6.54 Å². The molecule has 0 radical (unpaired) electrons. The number of amides is 1. The lowest BCUT2D eigenvalue weighted by molar-refractivity contribution is -0.119. The second-order valence-electron chi connectivity index (χ2n) is 3.53. The van der Waals surface area contributed by atoms with E-state index in [0.29, 0.717) is 12.3 Å². The number of nitrogens with zero attached hydrogens (tertiary/aromatic N) is 2. The van der Waals surface area contributed by atoms with E-state index in [1.54, 1.807) is 12.1 Å². The van der Waals surface area contributed by atoms with Crippen molar-refractivity contribution < 1.29 is 9.53 Å². The lowest BCUT2D eigenvalue weighted by atomic mass is 10.3. The molecule has 6 nitrogen and oxygen atoms in total. The Balaban J connectivity index is 1.92. The third-order valence-corrected chi connectivity index (χ3v) is 2.65. The molecule has 0 aliphatic rings. The molecule has 0 aliphatic heterocycles. The van der Waals surface area contributed by atoms with E-state index in [-0.39, 0.29) is 6.61 Å². The van der Waals surface area contributed by atoms with Crippen LogP contribution < -0.4 is 15.8 Å². The molecule has 94 valence electrons. The summed E-state index contributed by atoms with van der Waals surface area (Å²) in [5, 5.41) is 8.99. The summed E-state index contributed by atoms with van der Waals surface area (Å²) < 4.78 is 8.98. The van der Waals surface area contributed by atoms with Crippen molar-refractivity contribution in [2.24, 2.45) is 5.73 Å². The van der Waals surface area contributed by atoms with Crippen LogP contribution in [0.1, 0.15) is 5.69 Å². The van der Waals surface area contributed by atoms with Crippen LogP contribution in [0.4, 0.5) is 5.69 Å². The lowest BCUT2D eigenvalue weighted by Crippen LogP contribution is -2.20. The first-order valence-electron chi connectivity index (χ1n) is 5.25. The van der Waals surface area contributed by atoms with Crippen LogP contribution in [0.5, 0.6) is 5.75 Å². The summed E-state index contributed by atoms with van der Waals surface area (Å²) in [6, 6.07) is 7.29. The summed E-state index contributed by atoms with van der Waals surface area (Å²) in [5.74, 6) is 0.0945. The van der Waals surface area contributed by atoms with E-state index in [2.05, 4.69) is 14.9 Å². The van der Waals surface area contributed by atoms with Gasteiger partial charge in [-0.25, -0.2) is 0 Å². The van der Waals surface area contributed by atoms with E-state index < -0.39 is 5.91 Å². The minimum atomic E-state index is -0.498. The summed E-state index contributed by atoms with van der Waals surface area (Å²) in [6.07, 6.45) is 0. The number of carbonyl (C=O) groups excluding carboxylic acids is 1. The summed E-state index contributed by atoms with van der Waals surface area (Å²) >= 11 is 1.31. The Hall–Kier alpha value is -2.15. The van der Waals surface area contributed by atoms with Gasteiger partial charge in [0.15, 0.2) is 6.61 Å². The van der Waals surface area contributed by atoms with Gasteiger partial charge in [0.2, 0.25) is 0 Å². The Kier molecular flexibility index (Phi) is 4.08. The molecule has 7 heteroatoms. The van der Waals surface area contributed by atoms with E-state index >= 15 is 0 Å². The molecule has 1 aromatic carbocycles. The van der Waals surface area contributed by atoms with Crippen molar-refractivity contribution in [2.75, 3.05) is 11.9 Å². The fourth-order valence-electron chi connectivity index (χ4n) is 1.30. The first kappa shape index (κ1) is 12.3. The number of rotatable bonds is 6. The number of aromatic nitrogens is 2. The van der Waals surface area contributed by atoms with E-state index in [1.165, 1.54) is 11.5 Å². The van der Waals surface area contributed by atoms with Crippen molar-refractivity contribution in [1.29, 1.82) is 0 Å². The van der Waals surface area contributed by atoms with Gasteiger partial charge in [-0.3, -0.25) is 4.79 Å². The van der Waals surface area contributed by atoms with Gasteiger partial charge in [0.1, 0.15) is 5.75 Å². The van der Waals surface area contributed by atoms with Crippen LogP contribution in [-0.4, -0.2) is 22.1 Å². The molecule has 0 atom stereocenters. The SMILES string of the molecule is NC(=O)COc1cccc(NCc2csnn2)c1. The lowest BCUT2D eigenvalue weighted by Gasteiger charge is -2.07. The van der Waals surface area contributed by atoms with Gasteiger partial charge in [0.25, 0.3) is 5.91 Å². The highest BCUT2D eigenvalue weighted by molar-refractivity contribution is 7.03. The number of primary amides is 1.